The zero-order chi connectivity index (χ0) is 17.8. The van der Waals surface area contributed by atoms with Crippen LogP contribution in [0.25, 0.3) is 5.69 Å². The van der Waals surface area contributed by atoms with Crippen LogP contribution in [-0.2, 0) is 0 Å². The Hall–Kier alpha value is -2.99. The van der Waals surface area contributed by atoms with Gasteiger partial charge >= 0.3 is 0 Å². The Morgan fingerprint density at radius 1 is 1.20 bits per heavy atom. The summed E-state index contributed by atoms with van der Waals surface area (Å²) < 4.78 is 1.63. The Morgan fingerprint density at radius 3 is 2.64 bits per heavy atom. The van der Waals surface area contributed by atoms with Crippen molar-refractivity contribution >= 4 is 23.7 Å². The van der Waals surface area contributed by atoms with E-state index < -0.39 is 0 Å². The van der Waals surface area contributed by atoms with E-state index in [0.29, 0.717) is 22.0 Å². The number of para-hydroxylation sites is 1. The van der Waals surface area contributed by atoms with Crippen molar-refractivity contribution in [1.82, 2.24) is 20.2 Å². The molecule has 0 aliphatic heterocycles. The molecule has 0 unspecified atom stereocenters. The number of halogens is 1. The number of hydrogen-bond acceptors (Lipinski definition) is 4. The molecule has 0 aliphatic carbocycles. The molecule has 1 amide bonds. The molecule has 1 N–H and O–H groups in total. The zero-order valence-electron chi connectivity index (χ0n) is 13.8. The van der Waals surface area contributed by atoms with Crippen LogP contribution in [0.4, 0.5) is 0 Å². The van der Waals surface area contributed by atoms with Gasteiger partial charge in [-0.1, -0.05) is 29.8 Å². The lowest BCUT2D eigenvalue weighted by atomic mass is 10.2. The summed E-state index contributed by atoms with van der Waals surface area (Å²) in [6, 6.07) is 13.0. The highest BCUT2D eigenvalue weighted by molar-refractivity contribution is 6.32. The molecule has 1 aromatic carbocycles. The number of carbonyl (C=O) groups excluding carboxylic acids is 1. The lowest BCUT2D eigenvalue weighted by molar-refractivity contribution is 0.0955. The highest BCUT2D eigenvalue weighted by atomic mass is 35.5. The van der Waals surface area contributed by atoms with E-state index in [1.165, 1.54) is 12.4 Å². The summed E-state index contributed by atoms with van der Waals surface area (Å²) >= 11 is 6.40. The average molecular weight is 354 g/mol. The van der Waals surface area contributed by atoms with E-state index in [0.717, 1.165) is 11.4 Å². The molecule has 126 valence electrons. The minimum Gasteiger partial charge on any atom is -0.267 e. The van der Waals surface area contributed by atoms with Crippen molar-refractivity contribution in [3.63, 3.8) is 0 Å². The molecular weight excluding hydrogens is 338 g/mol. The lowest BCUT2D eigenvalue weighted by Crippen LogP contribution is -2.17. The Bertz CT molecular complexity index is 917. The van der Waals surface area contributed by atoms with Crippen LogP contribution in [-0.4, -0.2) is 26.9 Å². The predicted octanol–water partition coefficient (Wildman–Crippen LogP) is 3.30. The van der Waals surface area contributed by atoms with Gasteiger partial charge < -0.3 is 0 Å². The standard InChI is InChI=1S/C18H16ClN5O/c1-12-8-9-14(10-20-12)18(25)22-21-11-16-13(2)23-24(17(16)19)15-6-4-3-5-7-15/h3-11H,1-2H3,(H,22,25)/b21-11-. The predicted molar refractivity (Wildman–Crippen MR) is 97.3 cm³/mol. The SMILES string of the molecule is Cc1ccc(C(=O)N/N=C\c2c(C)nn(-c3ccccc3)c2Cl)cn1. The smallest absolute Gasteiger partial charge is 0.267 e. The van der Waals surface area contributed by atoms with Crippen LogP contribution in [0, 0.1) is 13.8 Å². The number of carbonyl (C=O) groups is 1. The van der Waals surface area contributed by atoms with Crippen LogP contribution in [0.5, 0.6) is 0 Å². The van der Waals surface area contributed by atoms with Crippen molar-refractivity contribution in [1.29, 1.82) is 0 Å². The summed E-state index contributed by atoms with van der Waals surface area (Å²) in [4.78, 5) is 16.1. The number of pyridine rings is 1. The first-order chi connectivity index (χ1) is 12.1. The van der Waals surface area contributed by atoms with Crippen LogP contribution in [0.1, 0.15) is 27.3 Å². The molecule has 25 heavy (non-hydrogen) atoms. The number of hydrogen-bond donors (Lipinski definition) is 1. The van der Waals surface area contributed by atoms with Gasteiger partial charge in [0.25, 0.3) is 5.91 Å². The van der Waals surface area contributed by atoms with Crippen LogP contribution in [0.2, 0.25) is 5.15 Å². The third-order valence-corrected chi connectivity index (χ3v) is 3.95. The number of hydrazone groups is 1. The average Bonchev–Trinajstić information content (AvgIpc) is 2.91. The number of rotatable bonds is 4. The van der Waals surface area contributed by atoms with Crippen LogP contribution < -0.4 is 5.43 Å². The Kier molecular flexibility index (Phi) is 4.90. The molecule has 2 heterocycles. The third kappa shape index (κ3) is 3.75. The minimum absolute atomic E-state index is 0.340. The van der Waals surface area contributed by atoms with Crippen molar-refractivity contribution in [2.75, 3.05) is 0 Å². The largest absolute Gasteiger partial charge is 0.272 e. The number of amides is 1. The van der Waals surface area contributed by atoms with E-state index in [9.17, 15) is 4.79 Å². The molecule has 0 spiro atoms. The molecule has 0 bridgehead atoms. The fourth-order valence-electron chi connectivity index (χ4n) is 2.22. The maximum atomic E-state index is 12.0. The molecule has 0 saturated carbocycles. The molecule has 0 radical (unpaired) electrons. The second kappa shape index (κ2) is 7.27. The Labute approximate surface area is 150 Å². The van der Waals surface area contributed by atoms with Crippen LogP contribution in [0.15, 0.2) is 53.8 Å². The molecule has 2 aromatic heterocycles. The van der Waals surface area contributed by atoms with Gasteiger partial charge in [0.2, 0.25) is 0 Å². The fourth-order valence-corrected chi connectivity index (χ4v) is 2.54. The van der Waals surface area contributed by atoms with Gasteiger partial charge in [-0.2, -0.15) is 10.2 Å². The number of nitrogens with zero attached hydrogens (tertiary/aromatic N) is 4. The second-order valence-corrected chi connectivity index (χ2v) is 5.78. The van der Waals surface area contributed by atoms with Gasteiger partial charge in [0.05, 0.1) is 28.7 Å². The Balaban J connectivity index is 1.77. The van der Waals surface area contributed by atoms with Crippen molar-refractivity contribution in [3.05, 3.63) is 76.3 Å². The van der Waals surface area contributed by atoms with Crippen molar-refractivity contribution in [2.24, 2.45) is 5.10 Å². The van der Waals surface area contributed by atoms with Gasteiger partial charge in [-0.25, -0.2) is 10.1 Å². The number of aryl methyl sites for hydroxylation is 2. The molecule has 0 aliphatic rings. The highest BCUT2D eigenvalue weighted by Gasteiger charge is 2.13. The molecule has 3 aromatic rings. The third-order valence-electron chi connectivity index (χ3n) is 3.58. The van der Waals surface area contributed by atoms with E-state index in [1.807, 2.05) is 44.2 Å². The Morgan fingerprint density at radius 2 is 1.96 bits per heavy atom. The molecule has 0 fully saturated rings. The summed E-state index contributed by atoms with van der Waals surface area (Å²) in [7, 11) is 0. The van der Waals surface area contributed by atoms with Crippen LogP contribution >= 0.6 is 11.6 Å². The normalized spacial score (nSPS) is 11.0. The number of benzene rings is 1. The minimum atomic E-state index is -0.340. The first kappa shape index (κ1) is 16.9. The number of nitrogens with one attached hydrogen (secondary N) is 1. The van der Waals surface area contributed by atoms with Gasteiger partial charge in [0.15, 0.2) is 0 Å². The van der Waals surface area contributed by atoms with Gasteiger partial charge in [-0.05, 0) is 38.1 Å². The van der Waals surface area contributed by atoms with E-state index >= 15 is 0 Å². The van der Waals surface area contributed by atoms with Crippen molar-refractivity contribution in [3.8, 4) is 5.69 Å². The summed E-state index contributed by atoms with van der Waals surface area (Å²) in [6.45, 7) is 3.69. The van der Waals surface area contributed by atoms with E-state index in [-0.39, 0.29) is 5.91 Å². The van der Waals surface area contributed by atoms with E-state index in [2.05, 4.69) is 20.6 Å². The quantitative estimate of drug-likeness (QED) is 0.577. The highest BCUT2D eigenvalue weighted by Crippen LogP contribution is 2.21. The number of aromatic nitrogens is 3. The second-order valence-electron chi connectivity index (χ2n) is 5.42. The molecule has 3 rings (SSSR count). The fraction of sp³-hybridized carbons (Fsp3) is 0.111. The van der Waals surface area contributed by atoms with Crippen molar-refractivity contribution in [2.45, 2.75) is 13.8 Å². The summed E-state index contributed by atoms with van der Waals surface area (Å²) in [5, 5.41) is 8.83. The molecule has 0 atom stereocenters. The van der Waals surface area contributed by atoms with E-state index in [1.54, 1.807) is 16.8 Å². The molecular formula is C18H16ClN5O. The molecule has 7 heteroatoms. The summed E-state index contributed by atoms with van der Waals surface area (Å²) in [5.74, 6) is -0.340. The van der Waals surface area contributed by atoms with Gasteiger partial charge in [-0.3, -0.25) is 9.78 Å². The first-order valence-electron chi connectivity index (χ1n) is 7.63. The first-order valence-corrected chi connectivity index (χ1v) is 8.00. The summed E-state index contributed by atoms with van der Waals surface area (Å²) in [5.41, 5.74) is 5.95. The maximum Gasteiger partial charge on any atom is 0.272 e. The topological polar surface area (TPSA) is 72.2 Å². The van der Waals surface area contributed by atoms with Gasteiger partial charge in [0.1, 0.15) is 5.15 Å². The van der Waals surface area contributed by atoms with Crippen LogP contribution in [0.3, 0.4) is 0 Å². The summed E-state index contributed by atoms with van der Waals surface area (Å²) in [6.07, 6.45) is 3.00. The lowest BCUT2D eigenvalue weighted by Gasteiger charge is -2.02. The molecule has 6 nitrogen and oxygen atoms in total. The van der Waals surface area contributed by atoms with Gasteiger partial charge in [0, 0.05) is 11.9 Å². The van der Waals surface area contributed by atoms with Crippen molar-refractivity contribution < 1.29 is 4.79 Å². The maximum absolute atomic E-state index is 12.0. The zero-order valence-corrected chi connectivity index (χ0v) is 14.5. The van der Waals surface area contributed by atoms with E-state index in [4.69, 9.17) is 11.6 Å². The van der Waals surface area contributed by atoms with Gasteiger partial charge in [-0.15, -0.1) is 0 Å². The monoisotopic (exact) mass is 353 g/mol. The molecule has 0 saturated heterocycles.